The van der Waals surface area contributed by atoms with Gasteiger partial charge in [0.1, 0.15) is 5.75 Å². The molecule has 0 saturated carbocycles. The number of carbonyl (C=O) groups is 1. The Bertz CT molecular complexity index is 731. The van der Waals surface area contributed by atoms with Crippen LogP contribution in [0.3, 0.4) is 0 Å². The number of benzene rings is 2. The van der Waals surface area contributed by atoms with Crippen molar-refractivity contribution in [3.63, 3.8) is 0 Å². The van der Waals surface area contributed by atoms with Crippen LogP contribution in [0, 0.1) is 27.7 Å². The summed E-state index contributed by atoms with van der Waals surface area (Å²) in [4.78, 5) is 12.6. The van der Waals surface area contributed by atoms with E-state index in [2.05, 4.69) is 43.4 Å². The van der Waals surface area contributed by atoms with Gasteiger partial charge in [0.05, 0.1) is 6.04 Å². The molecule has 0 aliphatic heterocycles. The molecule has 2 aromatic rings. The van der Waals surface area contributed by atoms with Crippen molar-refractivity contribution in [1.82, 2.24) is 5.32 Å². The summed E-state index contributed by atoms with van der Waals surface area (Å²) in [5.41, 5.74) is 5.87. The Morgan fingerprint density at radius 1 is 1.00 bits per heavy atom. The Labute approximate surface area is 151 Å². The zero-order chi connectivity index (χ0) is 18.6. The molecule has 3 heteroatoms. The summed E-state index contributed by atoms with van der Waals surface area (Å²) in [7, 11) is 0. The van der Waals surface area contributed by atoms with Crippen molar-refractivity contribution in [3.8, 4) is 5.75 Å². The van der Waals surface area contributed by atoms with E-state index in [1.807, 2.05) is 39.8 Å². The van der Waals surface area contributed by atoms with Gasteiger partial charge in [0.15, 0.2) is 6.10 Å². The molecule has 2 rings (SSSR count). The highest BCUT2D eigenvalue weighted by Gasteiger charge is 2.21. The van der Waals surface area contributed by atoms with Gasteiger partial charge < -0.3 is 10.1 Å². The van der Waals surface area contributed by atoms with Gasteiger partial charge in [0.2, 0.25) is 0 Å². The molecule has 25 heavy (non-hydrogen) atoms. The lowest BCUT2D eigenvalue weighted by Crippen LogP contribution is -2.39. The van der Waals surface area contributed by atoms with E-state index in [4.69, 9.17) is 4.74 Å². The van der Waals surface area contributed by atoms with E-state index in [0.29, 0.717) is 6.42 Å². The Kier molecular flexibility index (Phi) is 6.24. The minimum absolute atomic E-state index is 0.0521. The number of amides is 1. The first-order valence-corrected chi connectivity index (χ1v) is 8.92. The molecule has 2 atom stereocenters. The quantitative estimate of drug-likeness (QED) is 0.808. The maximum atomic E-state index is 12.6. The number of rotatable bonds is 6. The number of hydrogen-bond donors (Lipinski definition) is 1. The molecule has 2 unspecified atom stereocenters. The molecule has 0 aromatic heterocycles. The van der Waals surface area contributed by atoms with E-state index in [1.54, 1.807) is 0 Å². The molecule has 1 amide bonds. The van der Waals surface area contributed by atoms with Crippen LogP contribution >= 0.6 is 0 Å². The summed E-state index contributed by atoms with van der Waals surface area (Å²) in [5, 5.41) is 3.08. The van der Waals surface area contributed by atoms with Crippen molar-refractivity contribution in [3.05, 3.63) is 64.2 Å². The Morgan fingerprint density at radius 2 is 1.64 bits per heavy atom. The number of hydrogen-bond acceptors (Lipinski definition) is 2. The highest BCUT2D eigenvalue weighted by atomic mass is 16.5. The molecule has 0 radical (unpaired) electrons. The third-order valence-corrected chi connectivity index (χ3v) is 4.53. The number of ether oxygens (including phenoxy) is 1. The van der Waals surface area contributed by atoms with Gasteiger partial charge in [0.25, 0.3) is 5.91 Å². The van der Waals surface area contributed by atoms with Crippen LogP contribution in [0.2, 0.25) is 0 Å². The second-order valence-electron chi connectivity index (χ2n) is 6.91. The molecule has 2 aromatic carbocycles. The predicted molar refractivity (Wildman–Crippen MR) is 103 cm³/mol. The monoisotopic (exact) mass is 339 g/mol. The first-order chi connectivity index (χ1) is 11.8. The molecule has 0 fully saturated rings. The fourth-order valence-corrected chi connectivity index (χ4v) is 2.91. The van der Waals surface area contributed by atoms with Crippen LogP contribution in [-0.4, -0.2) is 12.0 Å². The van der Waals surface area contributed by atoms with E-state index < -0.39 is 6.10 Å². The number of nitrogens with one attached hydrogen (secondary N) is 1. The molecule has 134 valence electrons. The summed E-state index contributed by atoms with van der Waals surface area (Å²) in [6.45, 7) is 12.2. The Morgan fingerprint density at radius 3 is 2.20 bits per heavy atom. The van der Waals surface area contributed by atoms with Gasteiger partial charge in [-0.25, -0.2) is 0 Å². The van der Waals surface area contributed by atoms with Crippen LogP contribution in [-0.2, 0) is 4.79 Å². The Hall–Kier alpha value is -2.29. The lowest BCUT2D eigenvalue weighted by atomic mass is 10.0. The van der Waals surface area contributed by atoms with E-state index >= 15 is 0 Å². The molecule has 1 N–H and O–H groups in total. The van der Waals surface area contributed by atoms with Crippen LogP contribution < -0.4 is 10.1 Å². The van der Waals surface area contributed by atoms with E-state index in [1.165, 1.54) is 11.1 Å². The van der Waals surface area contributed by atoms with Crippen LogP contribution in [0.4, 0.5) is 0 Å². The number of aryl methyl sites for hydroxylation is 4. The standard InChI is InChI=1S/C22H29NO2/c1-7-21(25-20-11-14(2)10-15(3)12-20)22(24)23-18(6)19-9-8-16(4)17(5)13-19/h8-13,18,21H,7H2,1-6H3,(H,23,24). The summed E-state index contributed by atoms with van der Waals surface area (Å²) in [6.07, 6.45) is 0.133. The normalized spacial score (nSPS) is 13.2. The molecular formula is C22H29NO2. The van der Waals surface area contributed by atoms with Crippen LogP contribution in [0.15, 0.2) is 36.4 Å². The number of carbonyl (C=O) groups excluding carboxylic acids is 1. The third-order valence-electron chi connectivity index (χ3n) is 4.53. The van der Waals surface area contributed by atoms with Gasteiger partial charge in [-0.05, 0) is 81.0 Å². The van der Waals surface area contributed by atoms with Crippen molar-refractivity contribution in [2.45, 2.75) is 60.1 Å². The molecule has 0 bridgehead atoms. The van der Waals surface area contributed by atoms with Gasteiger partial charge in [-0.1, -0.05) is 31.2 Å². The maximum absolute atomic E-state index is 12.6. The van der Waals surface area contributed by atoms with Crippen molar-refractivity contribution in [2.75, 3.05) is 0 Å². The zero-order valence-corrected chi connectivity index (χ0v) is 16.1. The lowest BCUT2D eigenvalue weighted by Gasteiger charge is -2.21. The summed E-state index contributed by atoms with van der Waals surface area (Å²) >= 11 is 0. The largest absolute Gasteiger partial charge is 0.481 e. The van der Waals surface area contributed by atoms with Crippen molar-refractivity contribution >= 4 is 5.91 Å². The average molecular weight is 339 g/mol. The molecular weight excluding hydrogens is 310 g/mol. The van der Waals surface area contributed by atoms with Gasteiger partial charge in [-0.15, -0.1) is 0 Å². The summed E-state index contributed by atoms with van der Waals surface area (Å²) in [6, 6.07) is 12.3. The fraction of sp³-hybridized carbons (Fsp3) is 0.409. The van der Waals surface area contributed by atoms with E-state index in [0.717, 1.165) is 22.4 Å². The summed E-state index contributed by atoms with van der Waals surface area (Å²) < 4.78 is 5.95. The second kappa shape index (κ2) is 8.19. The minimum Gasteiger partial charge on any atom is -0.481 e. The van der Waals surface area contributed by atoms with Gasteiger partial charge in [0, 0.05) is 0 Å². The van der Waals surface area contributed by atoms with Crippen molar-refractivity contribution in [1.29, 1.82) is 0 Å². The van der Waals surface area contributed by atoms with Crippen molar-refractivity contribution < 1.29 is 9.53 Å². The lowest BCUT2D eigenvalue weighted by molar-refractivity contribution is -0.128. The van der Waals surface area contributed by atoms with Gasteiger partial charge in [-0.3, -0.25) is 4.79 Å². The fourth-order valence-electron chi connectivity index (χ4n) is 2.91. The molecule has 3 nitrogen and oxygen atoms in total. The Balaban J connectivity index is 2.07. The molecule has 0 saturated heterocycles. The highest BCUT2D eigenvalue weighted by Crippen LogP contribution is 2.20. The predicted octanol–water partition coefficient (Wildman–Crippen LogP) is 4.96. The average Bonchev–Trinajstić information content (AvgIpc) is 2.54. The SMILES string of the molecule is CCC(Oc1cc(C)cc(C)c1)C(=O)NC(C)c1ccc(C)c(C)c1. The molecule has 0 aliphatic rings. The second-order valence-corrected chi connectivity index (χ2v) is 6.91. The minimum atomic E-state index is -0.491. The van der Waals surface area contributed by atoms with Crippen LogP contribution in [0.1, 0.15) is 54.1 Å². The third kappa shape index (κ3) is 5.09. The maximum Gasteiger partial charge on any atom is 0.261 e. The van der Waals surface area contributed by atoms with Gasteiger partial charge in [-0.2, -0.15) is 0 Å². The zero-order valence-electron chi connectivity index (χ0n) is 16.1. The van der Waals surface area contributed by atoms with E-state index in [-0.39, 0.29) is 11.9 Å². The van der Waals surface area contributed by atoms with E-state index in [9.17, 15) is 4.79 Å². The van der Waals surface area contributed by atoms with Gasteiger partial charge >= 0.3 is 0 Å². The first kappa shape index (κ1) is 19.0. The van der Waals surface area contributed by atoms with Crippen LogP contribution in [0.25, 0.3) is 0 Å². The topological polar surface area (TPSA) is 38.3 Å². The first-order valence-electron chi connectivity index (χ1n) is 8.92. The highest BCUT2D eigenvalue weighted by molar-refractivity contribution is 5.81. The summed E-state index contributed by atoms with van der Waals surface area (Å²) in [5.74, 6) is 0.672. The van der Waals surface area contributed by atoms with Crippen molar-refractivity contribution in [2.24, 2.45) is 0 Å². The van der Waals surface area contributed by atoms with Crippen LogP contribution in [0.5, 0.6) is 5.75 Å². The molecule has 0 spiro atoms. The smallest absolute Gasteiger partial charge is 0.261 e. The molecule has 0 heterocycles. The molecule has 0 aliphatic carbocycles.